The number of benzene rings is 1. The third-order valence-corrected chi connectivity index (χ3v) is 8.03. The van der Waals surface area contributed by atoms with Gasteiger partial charge in [0.1, 0.15) is 33.5 Å². The van der Waals surface area contributed by atoms with Crippen LogP contribution in [0.4, 0.5) is 18.9 Å². The lowest BCUT2D eigenvalue weighted by Gasteiger charge is -2.19. The van der Waals surface area contributed by atoms with Crippen molar-refractivity contribution in [3.63, 3.8) is 0 Å². The lowest BCUT2D eigenvalue weighted by Crippen LogP contribution is -2.16. The van der Waals surface area contributed by atoms with Gasteiger partial charge in [0.15, 0.2) is 5.76 Å². The summed E-state index contributed by atoms with van der Waals surface area (Å²) in [5.41, 5.74) is 6.54. The van der Waals surface area contributed by atoms with Crippen LogP contribution in [0.25, 0.3) is 21.3 Å². The number of aryl methyl sites for hydroxylation is 1. The van der Waals surface area contributed by atoms with E-state index in [1.807, 2.05) is 24.3 Å². The number of alkyl halides is 3. The number of thiophene rings is 1. The van der Waals surface area contributed by atoms with Gasteiger partial charge in [-0.1, -0.05) is 32.9 Å². The largest absolute Gasteiger partial charge is 0.486 e. The SMILES string of the molecule is Cc1c(-c2cc(C(F)(F)F)nc3sc(C(N)=O)c(NC(=O)c4ccc(COc5ccc(C(C)(C)C)cc5)o4)c23)cnn1C. The molecule has 0 radical (unpaired) electrons. The van der Waals surface area contributed by atoms with E-state index in [4.69, 9.17) is 14.9 Å². The molecule has 2 amide bonds. The van der Waals surface area contributed by atoms with E-state index in [-0.39, 0.29) is 44.1 Å². The molecule has 4 aromatic heterocycles. The molecular formula is C30H28F3N5O4S. The molecule has 0 saturated carbocycles. The Bertz CT molecular complexity index is 1850. The van der Waals surface area contributed by atoms with Gasteiger partial charge in [0.2, 0.25) is 0 Å². The predicted molar refractivity (Wildman–Crippen MR) is 156 cm³/mol. The third-order valence-electron chi connectivity index (χ3n) is 6.93. The second-order valence-corrected chi connectivity index (χ2v) is 12.0. The van der Waals surface area contributed by atoms with E-state index in [9.17, 15) is 22.8 Å². The number of carbonyl (C=O) groups is 2. The Kier molecular flexibility index (Phi) is 7.55. The zero-order valence-electron chi connectivity index (χ0n) is 23.9. The molecule has 5 aromatic rings. The van der Waals surface area contributed by atoms with E-state index < -0.39 is 23.7 Å². The van der Waals surface area contributed by atoms with Crippen LogP contribution in [0.1, 0.15) is 63.7 Å². The number of furan rings is 1. The van der Waals surface area contributed by atoms with Crippen molar-refractivity contribution >= 4 is 39.1 Å². The average Bonchev–Trinajstić information content (AvgIpc) is 3.64. The van der Waals surface area contributed by atoms with Gasteiger partial charge in [-0.05, 0) is 53.8 Å². The Morgan fingerprint density at radius 3 is 2.37 bits per heavy atom. The number of rotatable bonds is 7. The number of pyridine rings is 1. The summed E-state index contributed by atoms with van der Waals surface area (Å²) in [7, 11) is 1.65. The van der Waals surface area contributed by atoms with E-state index in [1.165, 1.54) is 16.9 Å². The first-order chi connectivity index (χ1) is 20.1. The number of carbonyl (C=O) groups excluding carboxylic acids is 2. The molecule has 224 valence electrons. The van der Waals surface area contributed by atoms with E-state index in [1.54, 1.807) is 20.0 Å². The molecule has 0 unspecified atom stereocenters. The highest BCUT2D eigenvalue weighted by Crippen LogP contribution is 2.44. The summed E-state index contributed by atoms with van der Waals surface area (Å²) in [4.78, 5) is 29.1. The van der Waals surface area contributed by atoms with Crippen LogP contribution >= 0.6 is 11.3 Å². The molecule has 3 N–H and O–H groups in total. The second-order valence-electron chi connectivity index (χ2n) is 11.0. The van der Waals surface area contributed by atoms with Crippen molar-refractivity contribution in [2.75, 3.05) is 5.32 Å². The number of hydrogen-bond donors (Lipinski definition) is 2. The maximum atomic E-state index is 13.8. The maximum Gasteiger partial charge on any atom is 0.433 e. The highest BCUT2D eigenvalue weighted by Gasteiger charge is 2.35. The summed E-state index contributed by atoms with van der Waals surface area (Å²) < 4.78 is 54.3. The molecule has 0 aliphatic rings. The van der Waals surface area contributed by atoms with Gasteiger partial charge < -0.3 is 20.2 Å². The van der Waals surface area contributed by atoms with Crippen LogP contribution in [0.15, 0.2) is 53.1 Å². The highest BCUT2D eigenvalue weighted by molar-refractivity contribution is 7.21. The quantitative estimate of drug-likeness (QED) is 0.208. The minimum Gasteiger partial charge on any atom is -0.486 e. The second kappa shape index (κ2) is 10.9. The molecule has 43 heavy (non-hydrogen) atoms. The summed E-state index contributed by atoms with van der Waals surface area (Å²) in [5.74, 6) is -0.799. The van der Waals surface area contributed by atoms with Gasteiger partial charge in [-0.3, -0.25) is 14.3 Å². The molecule has 13 heteroatoms. The number of nitrogens with zero attached hydrogens (tertiary/aromatic N) is 3. The summed E-state index contributed by atoms with van der Waals surface area (Å²) in [5, 5.41) is 6.89. The van der Waals surface area contributed by atoms with Gasteiger partial charge in [-0.2, -0.15) is 18.3 Å². The summed E-state index contributed by atoms with van der Waals surface area (Å²) in [6.07, 6.45) is -3.35. The number of amides is 2. The zero-order valence-corrected chi connectivity index (χ0v) is 24.7. The fourth-order valence-electron chi connectivity index (χ4n) is 4.47. The van der Waals surface area contributed by atoms with Crippen LogP contribution in [0, 0.1) is 6.92 Å². The minimum atomic E-state index is -4.76. The number of fused-ring (bicyclic) bond motifs is 1. The topological polar surface area (TPSA) is 125 Å². The number of nitrogens with two attached hydrogens (primary N) is 1. The van der Waals surface area contributed by atoms with E-state index in [0.29, 0.717) is 34.1 Å². The maximum absolute atomic E-state index is 13.8. The Labute approximate surface area is 248 Å². The van der Waals surface area contributed by atoms with Gasteiger partial charge in [0.05, 0.1) is 11.9 Å². The lowest BCUT2D eigenvalue weighted by atomic mass is 9.87. The van der Waals surface area contributed by atoms with Crippen molar-refractivity contribution in [1.29, 1.82) is 0 Å². The van der Waals surface area contributed by atoms with Crippen molar-refractivity contribution < 1.29 is 31.9 Å². The fraction of sp³-hybridized carbons (Fsp3) is 0.267. The van der Waals surface area contributed by atoms with Crippen LogP contribution < -0.4 is 15.8 Å². The molecule has 0 aliphatic carbocycles. The first-order valence-corrected chi connectivity index (χ1v) is 13.9. The Morgan fingerprint density at radius 1 is 1.09 bits per heavy atom. The molecule has 4 heterocycles. The Balaban J connectivity index is 1.46. The first-order valence-electron chi connectivity index (χ1n) is 13.1. The molecule has 0 aliphatic heterocycles. The van der Waals surface area contributed by atoms with Crippen LogP contribution in [0.5, 0.6) is 5.75 Å². The molecule has 0 spiro atoms. The van der Waals surface area contributed by atoms with Crippen molar-refractivity contribution in [3.8, 4) is 16.9 Å². The Hall–Kier alpha value is -4.65. The summed E-state index contributed by atoms with van der Waals surface area (Å²) >= 11 is 0.656. The molecule has 0 saturated heterocycles. The van der Waals surface area contributed by atoms with Crippen molar-refractivity contribution in [3.05, 3.63) is 82.0 Å². The number of hydrogen-bond acceptors (Lipinski definition) is 7. The molecule has 1 aromatic carbocycles. The van der Waals surface area contributed by atoms with Crippen LogP contribution in [0.2, 0.25) is 0 Å². The van der Waals surface area contributed by atoms with E-state index in [0.717, 1.165) is 11.6 Å². The van der Waals surface area contributed by atoms with Gasteiger partial charge in [-0.15, -0.1) is 11.3 Å². The summed E-state index contributed by atoms with van der Waals surface area (Å²) in [6.45, 7) is 8.07. The van der Waals surface area contributed by atoms with Gasteiger partial charge in [0, 0.05) is 23.7 Å². The van der Waals surface area contributed by atoms with Crippen LogP contribution in [-0.2, 0) is 25.2 Å². The van der Waals surface area contributed by atoms with E-state index in [2.05, 4.69) is 36.2 Å². The van der Waals surface area contributed by atoms with Gasteiger partial charge in [-0.25, -0.2) is 4.98 Å². The molecular weight excluding hydrogens is 583 g/mol. The molecule has 5 rings (SSSR count). The number of anilines is 1. The smallest absolute Gasteiger partial charge is 0.433 e. The Morgan fingerprint density at radius 2 is 1.79 bits per heavy atom. The molecule has 0 atom stereocenters. The van der Waals surface area contributed by atoms with Gasteiger partial charge in [0.25, 0.3) is 11.8 Å². The average molecular weight is 612 g/mol. The van der Waals surface area contributed by atoms with Crippen LogP contribution in [0.3, 0.4) is 0 Å². The number of ether oxygens (including phenoxy) is 1. The minimum absolute atomic E-state index is 0.00176. The summed E-state index contributed by atoms with van der Waals surface area (Å²) in [6, 6.07) is 11.5. The zero-order chi connectivity index (χ0) is 31.3. The third kappa shape index (κ3) is 5.98. The van der Waals surface area contributed by atoms with Crippen molar-refractivity contribution in [2.24, 2.45) is 12.8 Å². The van der Waals surface area contributed by atoms with E-state index >= 15 is 0 Å². The fourth-order valence-corrected chi connectivity index (χ4v) is 5.48. The first kappa shape index (κ1) is 29.8. The number of nitrogens with one attached hydrogen (secondary N) is 1. The highest BCUT2D eigenvalue weighted by atomic mass is 32.1. The monoisotopic (exact) mass is 611 g/mol. The van der Waals surface area contributed by atoms with Crippen molar-refractivity contribution in [1.82, 2.24) is 14.8 Å². The normalized spacial score (nSPS) is 12.1. The van der Waals surface area contributed by atoms with Crippen molar-refractivity contribution in [2.45, 2.75) is 45.9 Å². The molecule has 9 nitrogen and oxygen atoms in total. The number of aromatic nitrogens is 3. The molecule has 0 bridgehead atoms. The standard InChI is InChI=1S/C30H28F3N5O4S/c1-15-20(13-35-38(15)5)19-12-22(30(31,32)33)36-28-23(19)24(25(43-28)26(34)39)37-27(40)21-11-10-18(42-21)14-41-17-8-6-16(7-9-17)29(2,3)4/h6-13H,14H2,1-5H3,(H2,34,39)(H,37,40). The van der Waals surface area contributed by atoms with Gasteiger partial charge >= 0.3 is 6.18 Å². The number of primary amides is 1. The molecule has 0 fully saturated rings. The lowest BCUT2D eigenvalue weighted by molar-refractivity contribution is -0.140. The number of halogens is 3. The van der Waals surface area contributed by atoms with Crippen LogP contribution in [-0.4, -0.2) is 26.6 Å². The predicted octanol–water partition coefficient (Wildman–Crippen LogP) is 6.84.